The van der Waals surface area contributed by atoms with Gasteiger partial charge in [0.1, 0.15) is 5.82 Å². The minimum atomic E-state index is -0.369. The molecule has 8 heteroatoms. The molecule has 0 saturated carbocycles. The van der Waals surface area contributed by atoms with Gasteiger partial charge in [0, 0.05) is 45.4 Å². The number of nitrogens with two attached hydrogens (primary N) is 1. The molecule has 0 radical (unpaired) electrons. The summed E-state index contributed by atoms with van der Waals surface area (Å²) in [6.07, 6.45) is 0.676. The predicted octanol–water partition coefficient (Wildman–Crippen LogP) is 1.29. The van der Waals surface area contributed by atoms with E-state index in [1.165, 1.54) is 31.4 Å². The lowest BCUT2D eigenvalue weighted by Crippen LogP contribution is -2.39. The number of nitrogens with zero attached hydrogens (tertiary/aromatic N) is 2. The minimum Gasteiger partial charge on any atom is -0.380 e. The summed E-state index contributed by atoms with van der Waals surface area (Å²) < 4.78 is 18.1. The van der Waals surface area contributed by atoms with Gasteiger partial charge in [0.05, 0.1) is 12.5 Å². The minimum absolute atomic E-state index is 0. The Hall–Kier alpha value is -1.70. The number of hydrogen-bond acceptors (Lipinski definition) is 4. The van der Waals surface area contributed by atoms with Crippen molar-refractivity contribution in [3.63, 3.8) is 0 Å². The van der Waals surface area contributed by atoms with E-state index in [9.17, 15) is 14.0 Å². The van der Waals surface area contributed by atoms with Crippen molar-refractivity contribution in [2.75, 3.05) is 39.8 Å². The molecule has 1 aromatic rings. The van der Waals surface area contributed by atoms with Crippen molar-refractivity contribution in [3.8, 4) is 0 Å². The molecule has 2 N–H and O–H groups in total. The molecule has 1 aliphatic rings. The third-order valence-corrected chi connectivity index (χ3v) is 4.23. The Balaban J connectivity index is 0.00000312. The van der Waals surface area contributed by atoms with Crippen molar-refractivity contribution < 1.29 is 18.7 Å². The molecule has 1 fully saturated rings. The first-order chi connectivity index (χ1) is 11.5. The number of benzene rings is 1. The predicted molar refractivity (Wildman–Crippen MR) is 95.2 cm³/mol. The molecule has 140 valence electrons. The van der Waals surface area contributed by atoms with E-state index < -0.39 is 0 Å². The fourth-order valence-electron chi connectivity index (χ4n) is 2.73. The molecule has 0 aliphatic carbocycles. The van der Waals surface area contributed by atoms with Gasteiger partial charge in [-0.3, -0.25) is 9.59 Å². The van der Waals surface area contributed by atoms with Crippen molar-refractivity contribution in [1.29, 1.82) is 0 Å². The summed E-state index contributed by atoms with van der Waals surface area (Å²) in [7, 11) is 1.54. The highest BCUT2D eigenvalue weighted by atomic mass is 35.5. The second-order valence-electron chi connectivity index (χ2n) is 5.83. The van der Waals surface area contributed by atoms with Crippen molar-refractivity contribution in [1.82, 2.24) is 9.80 Å². The Bertz CT molecular complexity index is 567. The van der Waals surface area contributed by atoms with Gasteiger partial charge in [-0.05, 0) is 30.7 Å². The molecule has 1 aromatic carbocycles. The lowest BCUT2D eigenvalue weighted by molar-refractivity contribution is -0.133. The zero-order chi connectivity index (χ0) is 17.5. The molecule has 1 heterocycles. The van der Waals surface area contributed by atoms with Gasteiger partial charge in [0.2, 0.25) is 5.91 Å². The number of rotatable bonds is 5. The van der Waals surface area contributed by atoms with Gasteiger partial charge in [-0.2, -0.15) is 0 Å². The second-order valence-corrected chi connectivity index (χ2v) is 5.83. The maximum atomic E-state index is 13.0. The largest absolute Gasteiger partial charge is 0.380 e. The van der Waals surface area contributed by atoms with Crippen LogP contribution in [0, 0.1) is 5.82 Å². The van der Waals surface area contributed by atoms with Crippen LogP contribution >= 0.6 is 12.4 Å². The second kappa shape index (κ2) is 10.3. The molecule has 0 aromatic heterocycles. The summed E-state index contributed by atoms with van der Waals surface area (Å²) in [4.78, 5) is 28.2. The summed E-state index contributed by atoms with van der Waals surface area (Å²) >= 11 is 0. The Kier molecular flexibility index (Phi) is 8.82. The van der Waals surface area contributed by atoms with Crippen LogP contribution in [0.25, 0.3) is 0 Å². The van der Waals surface area contributed by atoms with Gasteiger partial charge in [-0.1, -0.05) is 0 Å². The van der Waals surface area contributed by atoms with Crippen LogP contribution in [0.2, 0.25) is 0 Å². The van der Waals surface area contributed by atoms with Crippen LogP contribution in [0.1, 0.15) is 23.2 Å². The van der Waals surface area contributed by atoms with E-state index in [4.69, 9.17) is 10.5 Å². The Labute approximate surface area is 153 Å². The number of methoxy groups -OCH3 is 1. The SMILES string of the molecule is COC(CN)CC(=O)N1CCCN(C(=O)c2ccc(F)cc2)CC1.Cl. The molecule has 2 rings (SSSR count). The summed E-state index contributed by atoms with van der Waals surface area (Å²) in [6.45, 7) is 2.41. The number of carbonyl (C=O) groups is 2. The average molecular weight is 374 g/mol. The summed E-state index contributed by atoms with van der Waals surface area (Å²) in [5.74, 6) is -0.517. The van der Waals surface area contributed by atoms with Crippen LogP contribution in [-0.4, -0.2) is 67.6 Å². The number of ether oxygens (including phenoxy) is 1. The Morgan fingerprint density at radius 3 is 2.36 bits per heavy atom. The zero-order valence-electron chi connectivity index (χ0n) is 14.3. The first kappa shape index (κ1) is 21.3. The summed E-state index contributed by atoms with van der Waals surface area (Å²) in [5.41, 5.74) is 6.01. The fraction of sp³-hybridized carbons (Fsp3) is 0.529. The highest BCUT2D eigenvalue weighted by molar-refractivity contribution is 5.94. The molecule has 1 atom stereocenters. The van der Waals surface area contributed by atoms with Gasteiger partial charge in [0.15, 0.2) is 0 Å². The van der Waals surface area contributed by atoms with Gasteiger partial charge >= 0.3 is 0 Å². The van der Waals surface area contributed by atoms with Gasteiger partial charge in [0.25, 0.3) is 5.91 Å². The Morgan fingerprint density at radius 1 is 1.16 bits per heavy atom. The van der Waals surface area contributed by atoms with Crippen molar-refractivity contribution in [2.45, 2.75) is 18.9 Å². The molecule has 25 heavy (non-hydrogen) atoms. The van der Waals surface area contributed by atoms with Crippen molar-refractivity contribution >= 4 is 24.2 Å². The van der Waals surface area contributed by atoms with Crippen LogP contribution in [0.5, 0.6) is 0 Å². The van der Waals surface area contributed by atoms with E-state index in [2.05, 4.69) is 0 Å². The molecular formula is C17H25ClFN3O3. The van der Waals surface area contributed by atoms with E-state index in [1.54, 1.807) is 9.80 Å². The van der Waals surface area contributed by atoms with Crippen LogP contribution in [0.15, 0.2) is 24.3 Å². The maximum Gasteiger partial charge on any atom is 0.253 e. The number of halogens is 2. The monoisotopic (exact) mass is 373 g/mol. The van der Waals surface area contributed by atoms with Gasteiger partial charge < -0.3 is 20.3 Å². The van der Waals surface area contributed by atoms with E-state index in [1.807, 2.05) is 0 Å². The highest BCUT2D eigenvalue weighted by Gasteiger charge is 2.24. The summed E-state index contributed by atoms with van der Waals surface area (Å²) in [5, 5.41) is 0. The zero-order valence-corrected chi connectivity index (χ0v) is 15.1. The molecule has 0 spiro atoms. The van der Waals surface area contributed by atoms with Crippen LogP contribution in [0.4, 0.5) is 4.39 Å². The quantitative estimate of drug-likeness (QED) is 0.843. The average Bonchev–Trinajstić information content (AvgIpc) is 2.85. The molecule has 1 saturated heterocycles. The topological polar surface area (TPSA) is 75.9 Å². The van der Waals surface area contributed by atoms with E-state index >= 15 is 0 Å². The van der Waals surface area contributed by atoms with Gasteiger partial charge in [-0.15, -0.1) is 12.4 Å². The molecule has 6 nitrogen and oxygen atoms in total. The maximum absolute atomic E-state index is 13.0. The lowest BCUT2D eigenvalue weighted by atomic mass is 10.2. The van der Waals surface area contributed by atoms with Crippen LogP contribution < -0.4 is 5.73 Å². The van der Waals surface area contributed by atoms with E-state index in [0.29, 0.717) is 44.7 Å². The molecule has 2 amide bonds. The number of carbonyl (C=O) groups excluding carboxylic acids is 2. The smallest absolute Gasteiger partial charge is 0.253 e. The lowest BCUT2D eigenvalue weighted by Gasteiger charge is -2.23. The molecule has 1 unspecified atom stereocenters. The standard InChI is InChI=1S/C17H24FN3O3.ClH/c1-24-15(12-19)11-16(22)20-7-2-8-21(10-9-20)17(23)13-3-5-14(18)6-4-13;/h3-6,15H,2,7-12,19H2,1H3;1H. The first-order valence-corrected chi connectivity index (χ1v) is 8.10. The number of amides is 2. The van der Waals surface area contributed by atoms with Crippen LogP contribution in [-0.2, 0) is 9.53 Å². The summed E-state index contributed by atoms with van der Waals surface area (Å²) in [6, 6.07) is 5.52. The van der Waals surface area contributed by atoms with Crippen molar-refractivity contribution in [3.05, 3.63) is 35.6 Å². The van der Waals surface area contributed by atoms with Crippen molar-refractivity contribution in [2.24, 2.45) is 5.73 Å². The highest BCUT2D eigenvalue weighted by Crippen LogP contribution is 2.12. The van der Waals surface area contributed by atoms with Crippen LogP contribution in [0.3, 0.4) is 0 Å². The van der Waals surface area contributed by atoms with Gasteiger partial charge in [-0.25, -0.2) is 4.39 Å². The van der Waals surface area contributed by atoms with E-state index in [-0.39, 0.29) is 42.6 Å². The molecular weight excluding hydrogens is 349 g/mol. The number of hydrogen-bond donors (Lipinski definition) is 1. The normalized spacial score (nSPS) is 16.0. The third-order valence-electron chi connectivity index (χ3n) is 4.23. The first-order valence-electron chi connectivity index (χ1n) is 8.10. The van der Waals surface area contributed by atoms with E-state index in [0.717, 1.165) is 0 Å². The third kappa shape index (κ3) is 5.95. The molecule has 0 bridgehead atoms. The fourth-order valence-corrected chi connectivity index (χ4v) is 2.73. The Morgan fingerprint density at radius 2 is 1.76 bits per heavy atom. The molecule has 1 aliphatic heterocycles.